The van der Waals surface area contributed by atoms with Crippen molar-refractivity contribution in [2.45, 2.75) is 52.3 Å². The van der Waals surface area contributed by atoms with Crippen LogP contribution in [0.4, 0.5) is 10.5 Å². The smallest absolute Gasteiger partial charge is 0.408 e. The molecular formula is C25H32ClN3O5S. The van der Waals surface area contributed by atoms with Gasteiger partial charge in [0.15, 0.2) is 0 Å². The maximum absolute atomic E-state index is 13.6. The van der Waals surface area contributed by atoms with Gasteiger partial charge in [-0.15, -0.1) is 0 Å². The van der Waals surface area contributed by atoms with Crippen LogP contribution in [0.2, 0.25) is 5.02 Å². The second kappa shape index (κ2) is 12.2. The molecule has 190 valence electrons. The van der Waals surface area contributed by atoms with Crippen molar-refractivity contribution in [1.29, 1.82) is 0 Å². The third-order valence-corrected chi connectivity index (χ3v) is 5.74. The highest BCUT2D eigenvalue weighted by Gasteiger charge is 2.36. The lowest BCUT2D eigenvalue weighted by Gasteiger charge is -2.33. The van der Waals surface area contributed by atoms with Gasteiger partial charge in [-0.1, -0.05) is 41.9 Å². The van der Waals surface area contributed by atoms with E-state index >= 15 is 0 Å². The number of phenols is 1. The lowest BCUT2D eigenvalue weighted by molar-refractivity contribution is -0.140. The van der Waals surface area contributed by atoms with E-state index in [0.29, 0.717) is 10.7 Å². The maximum Gasteiger partial charge on any atom is 0.408 e. The van der Waals surface area contributed by atoms with Crippen LogP contribution in [0.25, 0.3) is 0 Å². The molecule has 0 aliphatic rings. The van der Waals surface area contributed by atoms with Gasteiger partial charge in [0.05, 0.1) is 10.7 Å². The number of nitrogens with one attached hydrogen (secondary N) is 2. The van der Waals surface area contributed by atoms with E-state index < -0.39 is 35.6 Å². The second-order valence-corrected chi connectivity index (χ2v) is 9.66. The van der Waals surface area contributed by atoms with Gasteiger partial charge in [-0.05, 0) is 52.3 Å². The average Bonchev–Trinajstić information content (AvgIpc) is 2.77. The Kier molecular flexibility index (Phi) is 9.85. The standard InChI is InChI=1S/C25H32ClN3O5S/c1-6-29(23(32)18(14-35)27-24(33)34-25(3,4)5)21(16-11-7-8-13-19(16)30)22(31)28-20-15(2)10-9-12-17(20)26/h7-13,18,21,30,35H,6,14H2,1-5H3,(H,27,33)(H,28,31). The van der Waals surface area contributed by atoms with E-state index in [1.165, 1.54) is 11.0 Å². The quantitative estimate of drug-likeness (QED) is 0.376. The number of carbonyl (C=O) groups is 3. The zero-order chi connectivity index (χ0) is 26.3. The summed E-state index contributed by atoms with van der Waals surface area (Å²) in [5.41, 5.74) is 0.598. The first-order valence-corrected chi connectivity index (χ1v) is 12.1. The van der Waals surface area contributed by atoms with Gasteiger partial charge in [0.2, 0.25) is 5.91 Å². The summed E-state index contributed by atoms with van der Waals surface area (Å²) in [5, 5.41) is 16.2. The fraction of sp³-hybridized carbons (Fsp3) is 0.400. The minimum atomic E-state index is -1.22. The summed E-state index contributed by atoms with van der Waals surface area (Å²) in [7, 11) is 0. The number of amides is 3. The van der Waals surface area contributed by atoms with Gasteiger partial charge in [-0.2, -0.15) is 12.6 Å². The molecule has 0 saturated heterocycles. The van der Waals surface area contributed by atoms with Crippen LogP contribution >= 0.6 is 24.2 Å². The van der Waals surface area contributed by atoms with Crippen LogP contribution in [-0.2, 0) is 14.3 Å². The largest absolute Gasteiger partial charge is 0.508 e. The monoisotopic (exact) mass is 521 g/mol. The van der Waals surface area contributed by atoms with Gasteiger partial charge in [-0.25, -0.2) is 4.79 Å². The number of thiol groups is 1. The van der Waals surface area contributed by atoms with Gasteiger partial charge < -0.3 is 25.4 Å². The Labute approximate surface area is 216 Å². The molecule has 0 aromatic heterocycles. The molecule has 0 saturated carbocycles. The number of benzene rings is 2. The van der Waals surface area contributed by atoms with Crippen molar-refractivity contribution in [3.63, 3.8) is 0 Å². The summed E-state index contributed by atoms with van der Waals surface area (Å²) < 4.78 is 5.26. The average molecular weight is 522 g/mol. The number of aryl methyl sites for hydroxylation is 1. The number of likely N-dealkylation sites (N-methyl/N-ethyl adjacent to an activating group) is 1. The van der Waals surface area contributed by atoms with E-state index in [1.807, 2.05) is 0 Å². The maximum atomic E-state index is 13.6. The Morgan fingerprint density at radius 3 is 2.34 bits per heavy atom. The van der Waals surface area contributed by atoms with Crippen molar-refractivity contribution >= 4 is 47.8 Å². The molecule has 2 atom stereocenters. The van der Waals surface area contributed by atoms with Crippen LogP contribution in [0.5, 0.6) is 5.75 Å². The Balaban J connectivity index is 2.45. The molecule has 2 unspecified atom stereocenters. The lowest BCUT2D eigenvalue weighted by atomic mass is 10.0. The van der Waals surface area contributed by atoms with Gasteiger partial charge in [0.1, 0.15) is 23.4 Å². The molecule has 2 aromatic carbocycles. The van der Waals surface area contributed by atoms with Gasteiger partial charge in [-0.3, -0.25) is 9.59 Å². The van der Waals surface area contributed by atoms with Crippen LogP contribution in [0.1, 0.15) is 44.9 Å². The van der Waals surface area contributed by atoms with E-state index in [2.05, 4.69) is 23.3 Å². The fourth-order valence-electron chi connectivity index (χ4n) is 3.45. The summed E-state index contributed by atoms with van der Waals surface area (Å²) >= 11 is 10.5. The summed E-state index contributed by atoms with van der Waals surface area (Å²) in [4.78, 5) is 40.7. The summed E-state index contributed by atoms with van der Waals surface area (Å²) in [6.07, 6.45) is -0.781. The highest BCUT2D eigenvalue weighted by atomic mass is 35.5. The molecule has 35 heavy (non-hydrogen) atoms. The molecule has 2 rings (SSSR count). The molecule has 3 N–H and O–H groups in total. The molecule has 8 nitrogen and oxygen atoms in total. The SMILES string of the molecule is CCN(C(=O)C(CS)NC(=O)OC(C)(C)C)C(C(=O)Nc1c(C)cccc1Cl)c1ccccc1O. The molecule has 10 heteroatoms. The van der Waals surface area contributed by atoms with Gasteiger partial charge in [0.25, 0.3) is 5.91 Å². The van der Waals surface area contributed by atoms with E-state index in [1.54, 1.807) is 71.0 Å². The Hall–Kier alpha value is -2.91. The zero-order valence-corrected chi connectivity index (χ0v) is 22.1. The van der Waals surface area contributed by atoms with Crippen LogP contribution < -0.4 is 10.6 Å². The number of ether oxygens (including phenoxy) is 1. The molecule has 0 aliphatic carbocycles. The van der Waals surface area contributed by atoms with E-state index in [4.69, 9.17) is 16.3 Å². The number of para-hydroxylation sites is 2. The van der Waals surface area contributed by atoms with Gasteiger partial charge >= 0.3 is 6.09 Å². The van der Waals surface area contributed by atoms with Crippen LogP contribution in [0, 0.1) is 6.92 Å². The lowest BCUT2D eigenvalue weighted by Crippen LogP contribution is -2.53. The van der Waals surface area contributed by atoms with Crippen molar-refractivity contribution in [3.8, 4) is 5.75 Å². The number of carbonyl (C=O) groups excluding carboxylic acids is 3. The first-order valence-electron chi connectivity index (χ1n) is 11.1. The number of phenolic OH excluding ortho intramolecular Hbond substituents is 1. The number of anilines is 1. The third-order valence-electron chi connectivity index (χ3n) is 5.06. The van der Waals surface area contributed by atoms with E-state index in [9.17, 15) is 19.5 Å². The first kappa shape index (κ1) is 28.3. The van der Waals surface area contributed by atoms with Crippen LogP contribution in [0.15, 0.2) is 42.5 Å². The molecule has 0 bridgehead atoms. The normalized spacial score (nSPS) is 12.9. The molecule has 0 spiro atoms. The number of hydrogen-bond donors (Lipinski definition) is 4. The van der Waals surface area contributed by atoms with Crippen molar-refractivity contribution < 1.29 is 24.2 Å². The Bertz CT molecular complexity index is 1050. The van der Waals surface area contributed by atoms with Gasteiger partial charge in [0, 0.05) is 17.9 Å². The van der Waals surface area contributed by atoms with Crippen molar-refractivity contribution in [2.24, 2.45) is 0 Å². The molecule has 0 fully saturated rings. The summed E-state index contributed by atoms with van der Waals surface area (Å²) in [6.45, 7) is 8.71. The summed E-state index contributed by atoms with van der Waals surface area (Å²) in [6, 6.07) is 9.17. The number of alkyl carbamates (subject to hydrolysis) is 1. The highest BCUT2D eigenvalue weighted by Crippen LogP contribution is 2.32. The number of nitrogens with zero attached hydrogens (tertiary/aromatic N) is 1. The number of rotatable bonds is 8. The fourth-order valence-corrected chi connectivity index (χ4v) is 3.97. The molecular weight excluding hydrogens is 490 g/mol. The minimum absolute atomic E-state index is 0.0344. The predicted molar refractivity (Wildman–Crippen MR) is 140 cm³/mol. The molecule has 3 amide bonds. The van der Waals surface area contributed by atoms with Crippen molar-refractivity contribution in [2.75, 3.05) is 17.6 Å². The number of halogens is 1. The van der Waals surface area contributed by atoms with E-state index in [-0.39, 0.29) is 23.6 Å². The summed E-state index contributed by atoms with van der Waals surface area (Å²) in [5.74, 6) is -1.33. The predicted octanol–water partition coefficient (Wildman–Crippen LogP) is 4.71. The number of aromatic hydroxyl groups is 1. The van der Waals surface area contributed by atoms with Crippen LogP contribution in [0.3, 0.4) is 0 Å². The van der Waals surface area contributed by atoms with E-state index in [0.717, 1.165) is 5.56 Å². The highest BCUT2D eigenvalue weighted by molar-refractivity contribution is 7.80. The Morgan fingerprint density at radius 1 is 1.14 bits per heavy atom. The molecule has 0 radical (unpaired) electrons. The topological polar surface area (TPSA) is 108 Å². The molecule has 2 aromatic rings. The van der Waals surface area contributed by atoms with Crippen molar-refractivity contribution in [3.05, 3.63) is 58.6 Å². The van der Waals surface area contributed by atoms with Crippen LogP contribution in [-0.4, -0.2) is 51.9 Å². The number of hydrogen-bond acceptors (Lipinski definition) is 6. The zero-order valence-electron chi connectivity index (χ0n) is 20.5. The first-order chi connectivity index (χ1) is 16.4. The minimum Gasteiger partial charge on any atom is -0.508 e. The Morgan fingerprint density at radius 2 is 1.80 bits per heavy atom. The third kappa shape index (κ3) is 7.53. The van der Waals surface area contributed by atoms with Crippen molar-refractivity contribution in [1.82, 2.24) is 10.2 Å². The second-order valence-electron chi connectivity index (χ2n) is 8.89. The molecule has 0 heterocycles. The molecule has 0 aliphatic heterocycles.